The number of carbonyl (C=O) groups excluding carboxylic acids is 1. The standard InChI is InChI=1S/C16H24O2/c1-5-10-16(3,6-2)12-13-8-7-9-14(11-13)15(17)18-4/h7-9,11H,5-6,10,12H2,1-4H3. The molecule has 0 aromatic heterocycles. The van der Waals surface area contributed by atoms with Crippen molar-refractivity contribution in [1.82, 2.24) is 0 Å². The Labute approximate surface area is 110 Å². The second-order valence-corrected chi connectivity index (χ2v) is 5.28. The van der Waals surface area contributed by atoms with Gasteiger partial charge in [0.1, 0.15) is 0 Å². The summed E-state index contributed by atoms with van der Waals surface area (Å²) in [5.41, 5.74) is 2.18. The van der Waals surface area contributed by atoms with E-state index in [1.807, 2.05) is 12.1 Å². The summed E-state index contributed by atoms with van der Waals surface area (Å²) < 4.78 is 4.76. The molecule has 1 unspecified atom stereocenters. The Hall–Kier alpha value is -1.31. The van der Waals surface area contributed by atoms with Crippen LogP contribution in [0.2, 0.25) is 0 Å². The van der Waals surface area contributed by atoms with Crippen molar-refractivity contribution >= 4 is 5.97 Å². The van der Waals surface area contributed by atoms with Gasteiger partial charge < -0.3 is 4.74 Å². The smallest absolute Gasteiger partial charge is 0.337 e. The van der Waals surface area contributed by atoms with E-state index in [4.69, 9.17) is 4.74 Å². The van der Waals surface area contributed by atoms with E-state index >= 15 is 0 Å². The molecule has 1 aromatic carbocycles. The number of ether oxygens (including phenoxy) is 1. The first-order valence-corrected chi connectivity index (χ1v) is 6.72. The van der Waals surface area contributed by atoms with Gasteiger partial charge in [-0.1, -0.05) is 45.7 Å². The highest BCUT2D eigenvalue weighted by Crippen LogP contribution is 2.31. The monoisotopic (exact) mass is 248 g/mol. The number of carbonyl (C=O) groups is 1. The topological polar surface area (TPSA) is 26.3 Å². The molecule has 2 heteroatoms. The van der Waals surface area contributed by atoms with Crippen LogP contribution in [0.3, 0.4) is 0 Å². The van der Waals surface area contributed by atoms with Crippen molar-refractivity contribution < 1.29 is 9.53 Å². The second kappa shape index (κ2) is 6.58. The van der Waals surface area contributed by atoms with E-state index in [9.17, 15) is 4.79 Å². The maximum atomic E-state index is 11.5. The van der Waals surface area contributed by atoms with Gasteiger partial charge in [-0.05, 0) is 36.0 Å². The number of hydrogen-bond donors (Lipinski definition) is 0. The highest BCUT2D eigenvalue weighted by molar-refractivity contribution is 5.89. The van der Waals surface area contributed by atoms with Crippen LogP contribution in [-0.2, 0) is 11.2 Å². The van der Waals surface area contributed by atoms with Crippen LogP contribution in [0.4, 0.5) is 0 Å². The number of benzene rings is 1. The van der Waals surface area contributed by atoms with E-state index in [0.29, 0.717) is 11.0 Å². The van der Waals surface area contributed by atoms with E-state index in [-0.39, 0.29) is 5.97 Å². The fourth-order valence-corrected chi connectivity index (χ4v) is 2.41. The van der Waals surface area contributed by atoms with Gasteiger partial charge in [-0.2, -0.15) is 0 Å². The molecule has 0 saturated heterocycles. The third kappa shape index (κ3) is 3.86. The fraction of sp³-hybridized carbons (Fsp3) is 0.562. The number of methoxy groups -OCH3 is 1. The molecule has 0 bridgehead atoms. The highest BCUT2D eigenvalue weighted by atomic mass is 16.5. The Kier molecular flexibility index (Phi) is 5.39. The molecule has 18 heavy (non-hydrogen) atoms. The number of hydrogen-bond acceptors (Lipinski definition) is 2. The summed E-state index contributed by atoms with van der Waals surface area (Å²) in [6.45, 7) is 6.78. The summed E-state index contributed by atoms with van der Waals surface area (Å²) in [7, 11) is 1.42. The lowest BCUT2D eigenvalue weighted by Gasteiger charge is -2.28. The molecule has 0 radical (unpaired) electrons. The molecule has 0 heterocycles. The van der Waals surface area contributed by atoms with Gasteiger partial charge in [-0.25, -0.2) is 4.79 Å². The summed E-state index contributed by atoms with van der Waals surface area (Å²) in [5, 5.41) is 0. The first-order valence-electron chi connectivity index (χ1n) is 6.72. The van der Waals surface area contributed by atoms with Gasteiger partial charge in [0.15, 0.2) is 0 Å². The number of esters is 1. The zero-order valence-corrected chi connectivity index (χ0v) is 12.0. The van der Waals surface area contributed by atoms with Gasteiger partial charge >= 0.3 is 5.97 Å². The van der Waals surface area contributed by atoms with Crippen molar-refractivity contribution in [3.8, 4) is 0 Å². The van der Waals surface area contributed by atoms with Gasteiger partial charge in [-0.15, -0.1) is 0 Å². The molecule has 0 saturated carbocycles. The van der Waals surface area contributed by atoms with Crippen molar-refractivity contribution in [2.45, 2.75) is 46.5 Å². The Morgan fingerprint density at radius 3 is 2.61 bits per heavy atom. The Bertz CT molecular complexity index is 398. The van der Waals surface area contributed by atoms with Gasteiger partial charge in [0, 0.05) is 0 Å². The first-order chi connectivity index (χ1) is 8.54. The van der Waals surface area contributed by atoms with E-state index in [1.165, 1.54) is 25.5 Å². The molecule has 2 nitrogen and oxygen atoms in total. The van der Waals surface area contributed by atoms with E-state index in [0.717, 1.165) is 12.8 Å². The maximum Gasteiger partial charge on any atom is 0.337 e. The van der Waals surface area contributed by atoms with Crippen LogP contribution in [0.15, 0.2) is 24.3 Å². The van der Waals surface area contributed by atoms with Crippen LogP contribution in [0.5, 0.6) is 0 Å². The lowest BCUT2D eigenvalue weighted by atomic mass is 9.77. The van der Waals surface area contributed by atoms with Crippen molar-refractivity contribution in [3.05, 3.63) is 35.4 Å². The van der Waals surface area contributed by atoms with Gasteiger partial charge in [0.05, 0.1) is 12.7 Å². The molecule has 100 valence electrons. The van der Waals surface area contributed by atoms with Crippen LogP contribution in [0.1, 0.15) is 56.0 Å². The third-order valence-corrected chi connectivity index (χ3v) is 3.69. The minimum Gasteiger partial charge on any atom is -0.465 e. The summed E-state index contributed by atoms with van der Waals surface area (Å²) in [6, 6.07) is 7.79. The highest BCUT2D eigenvalue weighted by Gasteiger charge is 2.21. The van der Waals surface area contributed by atoms with Crippen LogP contribution in [0, 0.1) is 5.41 Å². The second-order valence-electron chi connectivity index (χ2n) is 5.28. The summed E-state index contributed by atoms with van der Waals surface area (Å²) in [5.74, 6) is -0.259. The molecule has 1 rings (SSSR count). The molecule has 0 spiro atoms. The normalized spacial score (nSPS) is 14.0. The predicted octanol–water partition coefficient (Wildman–Crippen LogP) is 4.23. The molecule has 0 fully saturated rings. The summed E-state index contributed by atoms with van der Waals surface area (Å²) in [6.07, 6.45) is 4.58. The van der Waals surface area contributed by atoms with E-state index in [2.05, 4.69) is 26.8 Å². The first kappa shape index (κ1) is 14.7. The molecule has 0 N–H and O–H groups in total. The van der Waals surface area contributed by atoms with Crippen molar-refractivity contribution in [2.24, 2.45) is 5.41 Å². The zero-order valence-electron chi connectivity index (χ0n) is 12.0. The predicted molar refractivity (Wildman–Crippen MR) is 74.8 cm³/mol. The number of rotatable bonds is 6. The third-order valence-electron chi connectivity index (χ3n) is 3.69. The molecule has 1 aromatic rings. The van der Waals surface area contributed by atoms with Gasteiger partial charge in [0.25, 0.3) is 0 Å². The van der Waals surface area contributed by atoms with Crippen molar-refractivity contribution in [1.29, 1.82) is 0 Å². The summed E-state index contributed by atoms with van der Waals surface area (Å²) >= 11 is 0. The van der Waals surface area contributed by atoms with Gasteiger partial charge in [0.2, 0.25) is 0 Å². The minimum atomic E-state index is -0.259. The summed E-state index contributed by atoms with van der Waals surface area (Å²) in [4.78, 5) is 11.5. The Morgan fingerprint density at radius 2 is 2.06 bits per heavy atom. The average Bonchev–Trinajstić information content (AvgIpc) is 2.38. The minimum absolute atomic E-state index is 0.259. The molecule has 0 aliphatic carbocycles. The Morgan fingerprint density at radius 1 is 1.33 bits per heavy atom. The average molecular weight is 248 g/mol. The lowest BCUT2D eigenvalue weighted by molar-refractivity contribution is 0.0600. The molecular weight excluding hydrogens is 224 g/mol. The van der Waals surface area contributed by atoms with E-state index in [1.54, 1.807) is 6.07 Å². The molecule has 0 aliphatic rings. The fourth-order valence-electron chi connectivity index (χ4n) is 2.41. The van der Waals surface area contributed by atoms with Crippen LogP contribution in [0.25, 0.3) is 0 Å². The molecular formula is C16H24O2. The van der Waals surface area contributed by atoms with E-state index < -0.39 is 0 Å². The lowest BCUT2D eigenvalue weighted by Crippen LogP contribution is -2.18. The van der Waals surface area contributed by atoms with Crippen molar-refractivity contribution in [2.75, 3.05) is 7.11 Å². The van der Waals surface area contributed by atoms with Crippen molar-refractivity contribution in [3.63, 3.8) is 0 Å². The molecule has 1 atom stereocenters. The zero-order chi connectivity index (χ0) is 13.6. The van der Waals surface area contributed by atoms with Crippen LogP contribution in [-0.4, -0.2) is 13.1 Å². The SMILES string of the molecule is CCCC(C)(CC)Cc1cccc(C(=O)OC)c1. The van der Waals surface area contributed by atoms with Crippen LogP contribution < -0.4 is 0 Å². The van der Waals surface area contributed by atoms with Gasteiger partial charge in [-0.3, -0.25) is 0 Å². The largest absolute Gasteiger partial charge is 0.465 e. The quantitative estimate of drug-likeness (QED) is 0.704. The Balaban J connectivity index is 2.87. The molecule has 0 amide bonds. The molecule has 0 aliphatic heterocycles. The maximum absolute atomic E-state index is 11.5. The van der Waals surface area contributed by atoms with Crippen LogP contribution >= 0.6 is 0 Å².